The molecular weight excluding hydrogens is 270 g/mol. The fourth-order valence-corrected chi connectivity index (χ4v) is 2.84. The highest BCUT2D eigenvalue weighted by atomic mass is 35.5. The largest absolute Gasteiger partial charge is 0.493 e. The van der Waals surface area contributed by atoms with Crippen LogP contribution in [0.2, 0.25) is 5.02 Å². The molecule has 0 aromatic heterocycles. The maximum atomic E-state index is 6.15. The molecule has 1 aliphatic rings. The minimum Gasteiger partial charge on any atom is -0.493 e. The molecule has 2 nitrogen and oxygen atoms in total. The number of rotatable bonds is 5. The predicted molar refractivity (Wildman–Crippen MR) is 82.5 cm³/mol. The third-order valence-electron chi connectivity index (χ3n) is 3.57. The van der Waals surface area contributed by atoms with Gasteiger partial charge in [-0.05, 0) is 36.2 Å². The van der Waals surface area contributed by atoms with Gasteiger partial charge in [-0.25, -0.2) is 0 Å². The molecule has 2 aromatic carbocycles. The molecule has 0 amide bonds. The van der Waals surface area contributed by atoms with E-state index in [1.165, 1.54) is 11.1 Å². The summed E-state index contributed by atoms with van der Waals surface area (Å²) in [6.45, 7) is 2.52. The summed E-state index contributed by atoms with van der Waals surface area (Å²) in [5.41, 5.74) is 3.75. The average Bonchev–Trinajstić information content (AvgIpc) is 2.92. The topological polar surface area (TPSA) is 21.3 Å². The monoisotopic (exact) mass is 287 g/mol. The van der Waals surface area contributed by atoms with Crippen LogP contribution in [0.5, 0.6) is 5.75 Å². The Kier molecular flexibility index (Phi) is 4.24. The maximum Gasteiger partial charge on any atom is 0.127 e. The molecule has 3 rings (SSSR count). The summed E-state index contributed by atoms with van der Waals surface area (Å²) in [6, 6.07) is 14.5. The minimum atomic E-state index is 0.771. The summed E-state index contributed by atoms with van der Waals surface area (Å²) < 4.78 is 5.70. The average molecular weight is 288 g/mol. The van der Waals surface area contributed by atoms with Crippen molar-refractivity contribution in [1.82, 2.24) is 5.32 Å². The first-order valence-electron chi connectivity index (χ1n) is 7.01. The quantitative estimate of drug-likeness (QED) is 0.848. The van der Waals surface area contributed by atoms with Crippen molar-refractivity contribution in [3.05, 3.63) is 64.2 Å². The van der Waals surface area contributed by atoms with Crippen molar-refractivity contribution in [2.24, 2.45) is 0 Å². The fraction of sp³-hybridized carbons (Fsp3) is 0.294. The van der Waals surface area contributed by atoms with Gasteiger partial charge in [0.1, 0.15) is 5.75 Å². The minimum absolute atomic E-state index is 0.771. The number of hydrogen-bond donors (Lipinski definition) is 1. The molecule has 104 valence electrons. The van der Waals surface area contributed by atoms with E-state index in [1.54, 1.807) is 0 Å². The van der Waals surface area contributed by atoms with Gasteiger partial charge in [0.2, 0.25) is 0 Å². The smallest absolute Gasteiger partial charge is 0.127 e. The van der Waals surface area contributed by atoms with Crippen molar-refractivity contribution in [2.75, 3.05) is 13.2 Å². The van der Waals surface area contributed by atoms with Gasteiger partial charge in [-0.3, -0.25) is 0 Å². The van der Waals surface area contributed by atoms with E-state index >= 15 is 0 Å². The van der Waals surface area contributed by atoms with Gasteiger partial charge in [-0.1, -0.05) is 41.9 Å². The van der Waals surface area contributed by atoms with Crippen LogP contribution < -0.4 is 10.1 Å². The van der Waals surface area contributed by atoms with Crippen molar-refractivity contribution < 1.29 is 4.74 Å². The van der Waals surface area contributed by atoms with E-state index in [-0.39, 0.29) is 0 Å². The summed E-state index contributed by atoms with van der Waals surface area (Å²) in [7, 11) is 0. The Balaban J connectivity index is 1.57. The zero-order chi connectivity index (χ0) is 13.8. The van der Waals surface area contributed by atoms with Gasteiger partial charge in [0, 0.05) is 23.6 Å². The molecular formula is C17H18ClNO. The Morgan fingerprint density at radius 2 is 2.00 bits per heavy atom. The Hall–Kier alpha value is -1.51. The van der Waals surface area contributed by atoms with E-state index in [9.17, 15) is 0 Å². The summed E-state index contributed by atoms with van der Waals surface area (Å²) in [4.78, 5) is 0. The second-order valence-corrected chi connectivity index (χ2v) is 5.50. The van der Waals surface area contributed by atoms with E-state index in [4.69, 9.17) is 16.3 Å². The highest BCUT2D eigenvalue weighted by Crippen LogP contribution is 2.32. The number of benzene rings is 2. The van der Waals surface area contributed by atoms with Crippen LogP contribution in [0.3, 0.4) is 0 Å². The molecule has 0 bridgehead atoms. The lowest BCUT2D eigenvalue weighted by Gasteiger charge is -2.10. The van der Waals surface area contributed by atoms with E-state index in [0.717, 1.165) is 48.9 Å². The van der Waals surface area contributed by atoms with E-state index in [1.807, 2.05) is 18.2 Å². The third kappa shape index (κ3) is 3.14. The van der Waals surface area contributed by atoms with Crippen molar-refractivity contribution in [1.29, 1.82) is 0 Å². The first-order valence-corrected chi connectivity index (χ1v) is 7.39. The Bertz CT molecular complexity index is 583. The van der Waals surface area contributed by atoms with Gasteiger partial charge >= 0.3 is 0 Å². The molecule has 1 N–H and O–H groups in total. The van der Waals surface area contributed by atoms with Gasteiger partial charge in [0.25, 0.3) is 0 Å². The van der Waals surface area contributed by atoms with Crippen molar-refractivity contribution in [3.63, 3.8) is 0 Å². The van der Waals surface area contributed by atoms with Gasteiger partial charge in [-0.15, -0.1) is 0 Å². The standard InChI is InChI=1S/C17H18ClNO/c18-16-10-14-7-9-20-17(14)15(11-16)12-19-8-6-13-4-2-1-3-5-13/h1-5,10-11,19H,6-9,12H2. The lowest BCUT2D eigenvalue weighted by atomic mass is 10.1. The Morgan fingerprint density at radius 1 is 1.15 bits per heavy atom. The zero-order valence-electron chi connectivity index (χ0n) is 11.4. The summed E-state index contributed by atoms with van der Waals surface area (Å²) in [5, 5.41) is 4.27. The van der Waals surface area contributed by atoms with Gasteiger partial charge in [-0.2, -0.15) is 0 Å². The van der Waals surface area contributed by atoms with Crippen LogP contribution in [0.15, 0.2) is 42.5 Å². The van der Waals surface area contributed by atoms with Crippen LogP contribution >= 0.6 is 11.6 Å². The third-order valence-corrected chi connectivity index (χ3v) is 3.79. The predicted octanol–water partition coefficient (Wildman–Crippen LogP) is 3.61. The fourth-order valence-electron chi connectivity index (χ4n) is 2.58. The van der Waals surface area contributed by atoms with Crippen LogP contribution in [0, 0.1) is 0 Å². The Labute approximate surface area is 124 Å². The summed E-state index contributed by atoms with van der Waals surface area (Å²) in [6.07, 6.45) is 2.00. The van der Waals surface area contributed by atoms with Crippen LogP contribution in [0.25, 0.3) is 0 Å². The molecule has 0 saturated heterocycles. The normalized spacial score (nSPS) is 13.1. The maximum absolute atomic E-state index is 6.15. The second kappa shape index (κ2) is 6.29. The lowest BCUT2D eigenvalue weighted by Crippen LogP contribution is -2.17. The highest BCUT2D eigenvalue weighted by Gasteiger charge is 2.17. The Morgan fingerprint density at radius 3 is 2.85 bits per heavy atom. The molecule has 2 aromatic rings. The molecule has 20 heavy (non-hydrogen) atoms. The zero-order valence-corrected chi connectivity index (χ0v) is 12.1. The highest BCUT2D eigenvalue weighted by molar-refractivity contribution is 6.30. The summed E-state index contributed by atoms with van der Waals surface area (Å²) in [5.74, 6) is 1.03. The molecule has 1 aliphatic heterocycles. The number of ether oxygens (including phenoxy) is 1. The molecule has 3 heteroatoms. The van der Waals surface area contributed by atoms with Crippen molar-refractivity contribution >= 4 is 11.6 Å². The molecule has 1 heterocycles. The number of fused-ring (bicyclic) bond motifs is 1. The summed E-state index contributed by atoms with van der Waals surface area (Å²) >= 11 is 6.15. The van der Waals surface area contributed by atoms with Crippen LogP contribution in [-0.4, -0.2) is 13.2 Å². The van der Waals surface area contributed by atoms with Crippen molar-refractivity contribution in [3.8, 4) is 5.75 Å². The lowest BCUT2D eigenvalue weighted by molar-refractivity contribution is 0.352. The van der Waals surface area contributed by atoms with Crippen LogP contribution in [0.1, 0.15) is 16.7 Å². The number of hydrogen-bond acceptors (Lipinski definition) is 2. The van der Waals surface area contributed by atoms with Gasteiger partial charge in [0.15, 0.2) is 0 Å². The van der Waals surface area contributed by atoms with Crippen LogP contribution in [0.4, 0.5) is 0 Å². The molecule has 0 fully saturated rings. The molecule has 0 radical (unpaired) electrons. The van der Waals surface area contributed by atoms with E-state index in [2.05, 4.69) is 29.6 Å². The first kappa shape index (κ1) is 13.5. The van der Waals surface area contributed by atoms with Gasteiger partial charge < -0.3 is 10.1 Å². The molecule has 0 atom stereocenters. The second-order valence-electron chi connectivity index (χ2n) is 5.06. The number of nitrogens with one attached hydrogen (secondary N) is 1. The first-order chi connectivity index (χ1) is 9.83. The molecule has 0 unspecified atom stereocenters. The van der Waals surface area contributed by atoms with E-state index < -0.39 is 0 Å². The number of halogens is 1. The van der Waals surface area contributed by atoms with Crippen LogP contribution in [-0.2, 0) is 19.4 Å². The van der Waals surface area contributed by atoms with Gasteiger partial charge in [0.05, 0.1) is 6.61 Å². The van der Waals surface area contributed by atoms with E-state index in [0.29, 0.717) is 0 Å². The SMILES string of the molecule is Clc1cc2c(c(CNCCc3ccccc3)c1)OCC2. The molecule has 0 spiro atoms. The molecule has 0 saturated carbocycles. The molecule has 0 aliphatic carbocycles. The van der Waals surface area contributed by atoms with Crippen molar-refractivity contribution in [2.45, 2.75) is 19.4 Å².